The molecule has 1 aromatic rings. The molecule has 0 bridgehead atoms. The summed E-state index contributed by atoms with van der Waals surface area (Å²) in [5.41, 5.74) is 7.30. The second-order valence-corrected chi connectivity index (χ2v) is 5.62. The highest BCUT2D eigenvalue weighted by atomic mass is 79.9. The summed E-state index contributed by atoms with van der Waals surface area (Å²) in [6, 6.07) is 6.68. The van der Waals surface area contributed by atoms with Crippen LogP contribution in [0.5, 0.6) is 5.75 Å². The van der Waals surface area contributed by atoms with Crippen LogP contribution >= 0.6 is 15.9 Å². The maximum absolute atomic E-state index is 5.96. The van der Waals surface area contributed by atoms with E-state index in [1.54, 1.807) is 0 Å². The van der Waals surface area contributed by atoms with Crippen LogP contribution < -0.4 is 10.5 Å². The Morgan fingerprint density at radius 3 is 2.56 bits per heavy atom. The van der Waals surface area contributed by atoms with Gasteiger partial charge in [-0.1, -0.05) is 19.9 Å². The van der Waals surface area contributed by atoms with Crippen molar-refractivity contribution in [3.63, 3.8) is 0 Å². The van der Waals surface area contributed by atoms with E-state index in [2.05, 4.69) is 41.9 Å². The summed E-state index contributed by atoms with van der Waals surface area (Å²) in [5.74, 6) is 1.45. The molecular weight excluding hydrogens is 290 g/mol. The summed E-state index contributed by atoms with van der Waals surface area (Å²) >= 11 is 3.56. The molecule has 2 atom stereocenters. The van der Waals surface area contributed by atoms with Gasteiger partial charge in [-0.3, -0.25) is 0 Å². The maximum atomic E-state index is 5.96. The van der Waals surface area contributed by atoms with Crippen LogP contribution in [0.25, 0.3) is 0 Å². The van der Waals surface area contributed by atoms with Crippen LogP contribution in [0.4, 0.5) is 0 Å². The fraction of sp³-hybridized carbons (Fsp3) is 0.600. The molecule has 0 saturated heterocycles. The number of halogens is 1. The maximum Gasteiger partial charge on any atom is 0.133 e. The summed E-state index contributed by atoms with van der Waals surface area (Å²) < 4.78 is 6.56. The van der Waals surface area contributed by atoms with E-state index in [1.807, 2.05) is 13.0 Å². The van der Waals surface area contributed by atoms with Gasteiger partial charge in [-0.15, -0.1) is 0 Å². The Bertz CT molecular complexity index is 368. The van der Waals surface area contributed by atoms with Gasteiger partial charge < -0.3 is 10.5 Å². The van der Waals surface area contributed by atoms with Crippen LogP contribution in [-0.4, -0.2) is 12.6 Å². The second kappa shape index (κ2) is 7.80. The highest BCUT2D eigenvalue weighted by Gasteiger charge is 2.10. The molecule has 0 aromatic heterocycles. The lowest BCUT2D eigenvalue weighted by Gasteiger charge is -2.16. The Morgan fingerprint density at radius 2 is 2.00 bits per heavy atom. The minimum Gasteiger partial charge on any atom is -0.493 e. The molecule has 102 valence electrons. The SMILES string of the molecule is CCOc1ccc(C(C)CCC(N)CC)cc1Br. The van der Waals surface area contributed by atoms with Crippen LogP contribution in [0.1, 0.15) is 51.5 Å². The molecule has 0 aliphatic rings. The molecule has 0 aliphatic carbocycles. The first-order valence-corrected chi connectivity index (χ1v) is 7.55. The molecule has 3 heteroatoms. The Labute approximate surface area is 119 Å². The molecule has 0 saturated carbocycles. The van der Waals surface area contributed by atoms with E-state index in [9.17, 15) is 0 Å². The lowest BCUT2D eigenvalue weighted by atomic mass is 9.94. The smallest absolute Gasteiger partial charge is 0.133 e. The third kappa shape index (κ3) is 4.62. The monoisotopic (exact) mass is 313 g/mol. The second-order valence-electron chi connectivity index (χ2n) is 4.77. The molecule has 0 fully saturated rings. The molecule has 0 spiro atoms. The van der Waals surface area contributed by atoms with Gasteiger partial charge in [0.2, 0.25) is 0 Å². The van der Waals surface area contributed by atoms with Gasteiger partial charge in [0.1, 0.15) is 5.75 Å². The van der Waals surface area contributed by atoms with Crippen molar-refractivity contribution in [2.24, 2.45) is 5.73 Å². The van der Waals surface area contributed by atoms with Crippen LogP contribution in [0.2, 0.25) is 0 Å². The van der Waals surface area contributed by atoms with Crippen molar-refractivity contribution in [2.45, 2.75) is 52.0 Å². The first kappa shape index (κ1) is 15.5. The molecule has 0 radical (unpaired) electrons. The van der Waals surface area contributed by atoms with Crippen molar-refractivity contribution in [3.8, 4) is 5.75 Å². The minimum atomic E-state index is 0.332. The zero-order chi connectivity index (χ0) is 13.5. The third-order valence-corrected chi connectivity index (χ3v) is 3.94. The fourth-order valence-corrected chi connectivity index (χ4v) is 2.44. The zero-order valence-corrected chi connectivity index (χ0v) is 13.2. The van der Waals surface area contributed by atoms with Gasteiger partial charge in [0.25, 0.3) is 0 Å². The van der Waals surface area contributed by atoms with Crippen molar-refractivity contribution in [2.75, 3.05) is 6.61 Å². The van der Waals surface area contributed by atoms with Crippen LogP contribution in [-0.2, 0) is 0 Å². The van der Waals surface area contributed by atoms with Crippen molar-refractivity contribution in [3.05, 3.63) is 28.2 Å². The van der Waals surface area contributed by atoms with E-state index in [0.29, 0.717) is 18.6 Å². The van der Waals surface area contributed by atoms with Crippen molar-refractivity contribution < 1.29 is 4.74 Å². The summed E-state index contributed by atoms with van der Waals surface area (Å²) in [7, 11) is 0. The largest absolute Gasteiger partial charge is 0.493 e. The quantitative estimate of drug-likeness (QED) is 0.806. The molecule has 0 aliphatic heterocycles. The standard InChI is InChI=1S/C15H24BrNO/c1-4-13(17)8-6-11(3)12-7-9-15(18-5-2)14(16)10-12/h7,9-11,13H,4-6,8,17H2,1-3H3. The molecule has 2 nitrogen and oxygen atoms in total. The van der Waals surface area contributed by atoms with E-state index in [-0.39, 0.29) is 0 Å². The van der Waals surface area contributed by atoms with Gasteiger partial charge in [0.15, 0.2) is 0 Å². The number of benzene rings is 1. The molecule has 2 N–H and O–H groups in total. The summed E-state index contributed by atoms with van der Waals surface area (Å²) in [4.78, 5) is 0. The van der Waals surface area contributed by atoms with Crippen molar-refractivity contribution in [1.29, 1.82) is 0 Å². The molecule has 18 heavy (non-hydrogen) atoms. The molecule has 1 rings (SSSR count). The lowest BCUT2D eigenvalue weighted by Crippen LogP contribution is -2.18. The topological polar surface area (TPSA) is 35.2 Å². The van der Waals surface area contributed by atoms with Gasteiger partial charge in [0, 0.05) is 6.04 Å². The van der Waals surface area contributed by atoms with Gasteiger partial charge in [-0.2, -0.15) is 0 Å². The highest BCUT2D eigenvalue weighted by molar-refractivity contribution is 9.10. The Balaban J connectivity index is 2.63. The van der Waals surface area contributed by atoms with Crippen LogP contribution in [0, 0.1) is 0 Å². The van der Waals surface area contributed by atoms with Crippen molar-refractivity contribution in [1.82, 2.24) is 0 Å². The summed E-state index contributed by atoms with van der Waals surface area (Å²) in [6.45, 7) is 7.08. The zero-order valence-electron chi connectivity index (χ0n) is 11.6. The predicted octanol–water partition coefficient (Wildman–Crippen LogP) is 4.47. The lowest BCUT2D eigenvalue weighted by molar-refractivity contribution is 0.338. The fourth-order valence-electron chi connectivity index (χ4n) is 1.93. The van der Waals surface area contributed by atoms with E-state index in [4.69, 9.17) is 10.5 Å². The molecule has 1 aromatic carbocycles. The summed E-state index contributed by atoms with van der Waals surface area (Å²) in [6.07, 6.45) is 3.28. The van der Waals surface area contributed by atoms with E-state index < -0.39 is 0 Å². The number of ether oxygens (including phenoxy) is 1. The Morgan fingerprint density at radius 1 is 1.28 bits per heavy atom. The van der Waals surface area contributed by atoms with Crippen LogP contribution in [0.3, 0.4) is 0 Å². The average molecular weight is 314 g/mol. The van der Waals surface area contributed by atoms with E-state index in [0.717, 1.165) is 29.5 Å². The number of rotatable bonds is 7. The Kier molecular flexibility index (Phi) is 6.72. The average Bonchev–Trinajstić information content (AvgIpc) is 2.38. The van der Waals surface area contributed by atoms with Gasteiger partial charge in [-0.05, 0) is 65.7 Å². The predicted molar refractivity (Wildman–Crippen MR) is 81.2 cm³/mol. The first-order valence-electron chi connectivity index (χ1n) is 6.76. The molecule has 0 heterocycles. The van der Waals surface area contributed by atoms with Gasteiger partial charge >= 0.3 is 0 Å². The number of hydrogen-bond donors (Lipinski definition) is 1. The van der Waals surface area contributed by atoms with Gasteiger partial charge in [-0.25, -0.2) is 0 Å². The van der Waals surface area contributed by atoms with Crippen molar-refractivity contribution >= 4 is 15.9 Å². The normalized spacial score (nSPS) is 14.3. The third-order valence-electron chi connectivity index (χ3n) is 3.32. The van der Waals surface area contributed by atoms with E-state index >= 15 is 0 Å². The minimum absolute atomic E-state index is 0.332. The first-order chi connectivity index (χ1) is 8.58. The van der Waals surface area contributed by atoms with Gasteiger partial charge in [0.05, 0.1) is 11.1 Å². The molecule has 2 unspecified atom stereocenters. The van der Waals surface area contributed by atoms with Crippen LogP contribution in [0.15, 0.2) is 22.7 Å². The number of nitrogens with two attached hydrogens (primary N) is 1. The molecule has 0 amide bonds. The number of hydrogen-bond acceptors (Lipinski definition) is 2. The summed E-state index contributed by atoms with van der Waals surface area (Å²) in [5, 5.41) is 0. The highest BCUT2D eigenvalue weighted by Crippen LogP contribution is 2.30. The van der Waals surface area contributed by atoms with E-state index in [1.165, 1.54) is 5.56 Å². The Hall–Kier alpha value is -0.540. The molecular formula is C15H24BrNO.